The number of pyridine rings is 1. The highest BCUT2D eigenvalue weighted by atomic mass is 16.2. The topological polar surface area (TPSA) is 39.7 Å². The number of aromatic nitrogens is 1. The number of carbonyl (C=O) groups excluding carboxylic acids is 1. The number of benzene rings is 1. The van der Waals surface area contributed by atoms with Crippen molar-refractivity contribution in [2.24, 2.45) is 0 Å². The number of hydrogen-bond donors (Lipinski definition) is 0. The lowest BCUT2D eigenvalue weighted by atomic mass is 10.0. The van der Waals surface area contributed by atoms with Crippen molar-refractivity contribution in [3.05, 3.63) is 58.8 Å². The zero-order valence-electron chi connectivity index (χ0n) is 16.3. The smallest absolute Gasteiger partial charge is 0.254 e. The van der Waals surface area contributed by atoms with E-state index in [2.05, 4.69) is 47.1 Å². The predicted molar refractivity (Wildman–Crippen MR) is 108 cm³/mol. The van der Waals surface area contributed by atoms with Gasteiger partial charge in [-0.1, -0.05) is 18.2 Å². The quantitative estimate of drug-likeness (QED) is 0.836. The lowest BCUT2D eigenvalue weighted by molar-refractivity contribution is 0.0745. The van der Waals surface area contributed by atoms with Crippen LogP contribution < -0.4 is 4.90 Å². The second kappa shape index (κ2) is 7.69. The molecule has 2 aliphatic rings. The molecule has 0 radical (unpaired) electrons. The second-order valence-electron chi connectivity index (χ2n) is 7.84. The molecule has 1 aliphatic carbocycles. The molecule has 27 heavy (non-hydrogen) atoms. The SMILES string of the molecule is CN(C)Cc1ccc(N2CCN(C(=O)c3cccc4c3CCC4)CC2)nc1. The van der Waals surface area contributed by atoms with E-state index in [0.717, 1.165) is 56.9 Å². The van der Waals surface area contributed by atoms with E-state index < -0.39 is 0 Å². The highest BCUT2D eigenvalue weighted by Gasteiger charge is 2.26. The van der Waals surface area contributed by atoms with Crippen LogP contribution in [0.5, 0.6) is 0 Å². The number of rotatable bonds is 4. The minimum absolute atomic E-state index is 0.197. The molecule has 5 heteroatoms. The summed E-state index contributed by atoms with van der Waals surface area (Å²) in [5.41, 5.74) is 4.78. The number of hydrogen-bond acceptors (Lipinski definition) is 4. The van der Waals surface area contributed by atoms with Crippen LogP contribution in [0.3, 0.4) is 0 Å². The molecule has 0 unspecified atom stereocenters. The Morgan fingerprint density at radius 3 is 2.59 bits per heavy atom. The largest absolute Gasteiger partial charge is 0.353 e. The van der Waals surface area contributed by atoms with Gasteiger partial charge in [0.15, 0.2) is 0 Å². The van der Waals surface area contributed by atoms with Crippen molar-refractivity contribution in [3.63, 3.8) is 0 Å². The van der Waals surface area contributed by atoms with Crippen molar-refractivity contribution >= 4 is 11.7 Å². The molecule has 0 atom stereocenters. The number of piperazine rings is 1. The summed E-state index contributed by atoms with van der Waals surface area (Å²) in [6, 6.07) is 10.5. The van der Waals surface area contributed by atoms with Gasteiger partial charge in [-0.15, -0.1) is 0 Å². The lowest BCUT2D eigenvalue weighted by Crippen LogP contribution is -2.49. The molecule has 2 aromatic rings. The predicted octanol–water partition coefficient (Wildman–Crippen LogP) is 2.59. The van der Waals surface area contributed by atoms with Crippen LogP contribution in [0.1, 0.15) is 33.5 Å². The summed E-state index contributed by atoms with van der Waals surface area (Å²) in [5.74, 6) is 1.20. The first-order valence-electron chi connectivity index (χ1n) is 9.86. The van der Waals surface area contributed by atoms with Crippen LogP contribution in [-0.4, -0.2) is 61.0 Å². The van der Waals surface area contributed by atoms with Gasteiger partial charge in [0.2, 0.25) is 0 Å². The number of anilines is 1. The van der Waals surface area contributed by atoms with Crippen LogP contribution in [0.4, 0.5) is 5.82 Å². The molecule has 0 spiro atoms. The molecule has 142 valence electrons. The Balaban J connectivity index is 1.39. The summed E-state index contributed by atoms with van der Waals surface area (Å²) in [4.78, 5) is 24.1. The molecule has 2 heterocycles. The Morgan fingerprint density at radius 1 is 1.07 bits per heavy atom. The van der Waals surface area contributed by atoms with Gasteiger partial charge in [0.1, 0.15) is 5.82 Å². The lowest BCUT2D eigenvalue weighted by Gasteiger charge is -2.35. The number of nitrogens with zero attached hydrogens (tertiary/aromatic N) is 4. The molecule has 1 aromatic carbocycles. The van der Waals surface area contributed by atoms with E-state index in [1.807, 2.05) is 23.2 Å². The first-order chi connectivity index (χ1) is 13.1. The van der Waals surface area contributed by atoms with E-state index in [1.165, 1.54) is 23.1 Å². The van der Waals surface area contributed by atoms with Crippen LogP contribution in [0.15, 0.2) is 36.5 Å². The summed E-state index contributed by atoms with van der Waals surface area (Å²) < 4.78 is 0. The first-order valence-corrected chi connectivity index (χ1v) is 9.86. The summed E-state index contributed by atoms with van der Waals surface area (Å²) in [6.07, 6.45) is 5.28. The molecule has 4 rings (SSSR count). The van der Waals surface area contributed by atoms with Crippen LogP contribution in [-0.2, 0) is 19.4 Å². The number of carbonyl (C=O) groups is 1. The van der Waals surface area contributed by atoms with Gasteiger partial charge in [-0.3, -0.25) is 4.79 Å². The van der Waals surface area contributed by atoms with Crippen molar-refractivity contribution in [2.75, 3.05) is 45.2 Å². The maximum Gasteiger partial charge on any atom is 0.254 e. The third kappa shape index (κ3) is 3.83. The number of aryl methyl sites for hydroxylation is 1. The van der Waals surface area contributed by atoms with E-state index in [1.54, 1.807) is 0 Å². The van der Waals surface area contributed by atoms with E-state index in [4.69, 9.17) is 0 Å². The summed E-state index contributed by atoms with van der Waals surface area (Å²) in [6.45, 7) is 4.08. The molecule has 0 saturated carbocycles. The fraction of sp³-hybridized carbons (Fsp3) is 0.455. The zero-order chi connectivity index (χ0) is 18.8. The molecule has 1 saturated heterocycles. The molecule has 1 fully saturated rings. The molecular formula is C22H28N4O. The van der Waals surface area contributed by atoms with Gasteiger partial charge in [-0.2, -0.15) is 0 Å². The van der Waals surface area contributed by atoms with Gasteiger partial charge in [0.25, 0.3) is 5.91 Å². The Morgan fingerprint density at radius 2 is 1.89 bits per heavy atom. The van der Waals surface area contributed by atoms with E-state index in [0.29, 0.717) is 0 Å². The summed E-state index contributed by atoms with van der Waals surface area (Å²) >= 11 is 0. The van der Waals surface area contributed by atoms with Gasteiger partial charge in [-0.25, -0.2) is 4.98 Å². The maximum absolute atomic E-state index is 13.0. The zero-order valence-corrected chi connectivity index (χ0v) is 16.3. The van der Waals surface area contributed by atoms with Crippen LogP contribution in [0, 0.1) is 0 Å². The van der Waals surface area contributed by atoms with Crippen molar-refractivity contribution < 1.29 is 4.79 Å². The first kappa shape index (κ1) is 18.0. The Hall–Kier alpha value is -2.40. The van der Waals surface area contributed by atoms with Crippen LogP contribution in [0.25, 0.3) is 0 Å². The van der Waals surface area contributed by atoms with E-state index >= 15 is 0 Å². The minimum atomic E-state index is 0.197. The molecule has 0 bridgehead atoms. The second-order valence-corrected chi connectivity index (χ2v) is 7.84. The number of amides is 1. The molecule has 1 aliphatic heterocycles. The van der Waals surface area contributed by atoms with Gasteiger partial charge in [0, 0.05) is 44.5 Å². The van der Waals surface area contributed by atoms with Crippen molar-refractivity contribution in [1.82, 2.24) is 14.8 Å². The van der Waals surface area contributed by atoms with E-state index in [9.17, 15) is 4.79 Å². The van der Waals surface area contributed by atoms with E-state index in [-0.39, 0.29) is 5.91 Å². The standard InChI is InChI=1S/C22H28N4O/c1-24(2)16-17-9-10-21(23-15-17)25-11-13-26(14-12-25)22(27)20-8-4-6-18-5-3-7-19(18)20/h4,6,8-10,15H,3,5,7,11-14,16H2,1-2H3. The molecule has 0 N–H and O–H groups in total. The number of fused-ring (bicyclic) bond motifs is 1. The van der Waals surface area contributed by atoms with Gasteiger partial charge >= 0.3 is 0 Å². The fourth-order valence-electron chi connectivity index (χ4n) is 4.19. The third-order valence-corrected chi connectivity index (χ3v) is 5.58. The molecule has 1 aromatic heterocycles. The normalized spacial score (nSPS) is 16.7. The minimum Gasteiger partial charge on any atom is -0.353 e. The molecular weight excluding hydrogens is 336 g/mol. The average Bonchev–Trinajstić information content (AvgIpc) is 3.17. The highest BCUT2D eigenvalue weighted by Crippen LogP contribution is 2.26. The van der Waals surface area contributed by atoms with Crippen molar-refractivity contribution in [3.8, 4) is 0 Å². The Bertz CT molecular complexity index is 808. The third-order valence-electron chi connectivity index (χ3n) is 5.58. The van der Waals surface area contributed by atoms with Crippen LogP contribution >= 0.6 is 0 Å². The van der Waals surface area contributed by atoms with Crippen LogP contribution in [0.2, 0.25) is 0 Å². The van der Waals surface area contributed by atoms with Gasteiger partial charge in [-0.05, 0) is 62.2 Å². The van der Waals surface area contributed by atoms with Crippen molar-refractivity contribution in [1.29, 1.82) is 0 Å². The molecule has 1 amide bonds. The van der Waals surface area contributed by atoms with Gasteiger partial charge < -0.3 is 14.7 Å². The highest BCUT2D eigenvalue weighted by molar-refractivity contribution is 5.96. The van der Waals surface area contributed by atoms with Crippen molar-refractivity contribution in [2.45, 2.75) is 25.8 Å². The molecule has 5 nitrogen and oxygen atoms in total. The maximum atomic E-state index is 13.0. The summed E-state index contributed by atoms with van der Waals surface area (Å²) in [7, 11) is 4.12. The van der Waals surface area contributed by atoms with Gasteiger partial charge in [0.05, 0.1) is 0 Å². The fourth-order valence-corrected chi connectivity index (χ4v) is 4.19. The Kier molecular flexibility index (Phi) is 5.12. The monoisotopic (exact) mass is 364 g/mol. The Labute approximate surface area is 161 Å². The average molecular weight is 364 g/mol. The summed E-state index contributed by atoms with van der Waals surface area (Å²) in [5, 5.41) is 0.